The molecule has 0 aliphatic rings. The van der Waals surface area contributed by atoms with Crippen molar-refractivity contribution in [3.63, 3.8) is 0 Å². The average molecular weight is 365 g/mol. The minimum atomic E-state index is 0.323. The Balaban J connectivity index is 2.00. The van der Waals surface area contributed by atoms with Gasteiger partial charge in [0.25, 0.3) is 0 Å². The zero-order valence-corrected chi connectivity index (χ0v) is 16.7. The lowest BCUT2D eigenvalue weighted by Gasteiger charge is -2.25. The van der Waals surface area contributed by atoms with Crippen LogP contribution in [-0.2, 0) is 6.42 Å². The SMILES string of the molecule is CCNC(=NCC(c1cccs1)N(C)C)N(C)CCc1cccs1. The van der Waals surface area contributed by atoms with Crippen molar-refractivity contribution < 1.29 is 0 Å². The van der Waals surface area contributed by atoms with Crippen molar-refractivity contribution in [2.75, 3.05) is 40.8 Å². The van der Waals surface area contributed by atoms with Gasteiger partial charge in [0.1, 0.15) is 0 Å². The second-order valence-corrected chi connectivity index (χ2v) is 7.95. The Morgan fingerprint density at radius 1 is 1.17 bits per heavy atom. The van der Waals surface area contributed by atoms with Gasteiger partial charge in [0.2, 0.25) is 0 Å². The molecule has 4 nitrogen and oxygen atoms in total. The maximum Gasteiger partial charge on any atom is 0.193 e. The third-order valence-electron chi connectivity index (χ3n) is 3.88. The van der Waals surface area contributed by atoms with Gasteiger partial charge >= 0.3 is 0 Å². The Labute approximate surface area is 153 Å². The Kier molecular flexibility index (Phi) is 7.75. The molecule has 24 heavy (non-hydrogen) atoms. The molecular formula is C18H28N4S2. The van der Waals surface area contributed by atoms with Gasteiger partial charge in [-0.15, -0.1) is 22.7 Å². The van der Waals surface area contributed by atoms with Crippen LogP contribution in [0, 0.1) is 0 Å². The third-order valence-corrected chi connectivity index (χ3v) is 5.79. The number of nitrogens with zero attached hydrogens (tertiary/aromatic N) is 3. The first-order valence-corrected chi connectivity index (χ1v) is 10.1. The minimum absolute atomic E-state index is 0.323. The molecule has 2 heterocycles. The standard InChI is InChI=1S/C18H28N4S2/c1-5-19-18(22(4)11-10-15-8-6-12-23-15)20-14-16(21(2)3)17-9-7-13-24-17/h6-9,12-13,16H,5,10-11,14H2,1-4H3,(H,19,20). The van der Waals surface area contributed by atoms with Crippen LogP contribution in [0.25, 0.3) is 0 Å². The van der Waals surface area contributed by atoms with Gasteiger partial charge in [0, 0.05) is 29.9 Å². The Hall–Kier alpha value is -1.37. The molecule has 132 valence electrons. The molecule has 1 N–H and O–H groups in total. The first-order chi connectivity index (χ1) is 11.6. The van der Waals surface area contributed by atoms with Gasteiger partial charge in [0.05, 0.1) is 12.6 Å². The molecule has 0 bridgehead atoms. The van der Waals surface area contributed by atoms with E-state index in [0.29, 0.717) is 6.04 Å². The van der Waals surface area contributed by atoms with Crippen LogP contribution >= 0.6 is 22.7 Å². The van der Waals surface area contributed by atoms with Crippen molar-refractivity contribution in [3.05, 3.63) is 44.8 Å². The fourth-order valence-corrected chi connectivity index (χ4v) is 4.08. The number of guanidine groups is 1. The first-order valence-electron chi connectivity index (χ1n) is 8.33. The maximum atomic E-state index is 4.89. The number of likely N-dealkylation sites (N-methyl/N-ethyl adjacent to an activating group) is 2. The maximum absolute atomic E-state index is 4.89. The van der Waals surface area contributed by atoms with E-state index in [1.54, 1.807) is 11.3 Å². The van der Waals surface area contributed by atoms with E-state index in [4.69, 9.17) is 4.99 Å². The van der Waals surface area contributed by atoms with Crippen molar-refractivity contribution in [1.29, 1.82) is 0 Å². The van der Waals surface area contributed by atoms with Gasteiger partial charge in [-0.05, 0) is 50.3 Å². The van der Waals surface area contributed by atoms with Crippen molar-refractivity contribution >= 4 is 28.6 Å². The molecule has 0 saturated heterocycles. The highest BCUT2D eigenvalue weighted by molar-refractivity contribution is 7.10. The van der Waals surface area contributed by atoms with Crippen LogP contribution in [0.15, 0.2) is 40.0 Å². The Morgan fingerprint density at radius 3 is 2.50 bits per heavy atom. The highest BCUT2D eigenvalue weighted by atomic mass is 32.1. The lowest BCUT2D eigenvalue weighted by atomic mass is 10.2. The summed E-state index contributed by atoms with van der Waals surface area (Å²) in [5.74, 6) is 0.984. The molecule has 1 unspecified atom stereocenters. The largest absolute Gasteiger partial charge is 0.357 e. The highest BCUT2D eigenvalue weighted by Crippen LogP contribution is 2.23. The topological polar surface area (TPSA) is 30.9 Å². The highest BCUT2D eigenvalue weighted by Gasteiger charge is 2.15. The summed E-state index contributed by atoms with van der Waals surface area (Å²) in [4.78, 5) is 12.1. The summed E-state index contributed by atoms with van der Waals surface area (Å²) in [6, 6.07) is 8.93. The molecule has 2 rings (SSSR count). The second kappa shape index (κ2) is 9.81. The molecule has 1 atom stereocenters. The average Bonchev–Trinajstić information content (AvgIpc) is 3.25. The van der Waals surface area contributed by atoms with Gasteiger partial charge in [0.15, 0.2) is 5.96 Å². The van der Waals surface area contributed by atoms with Crippen LogP contribution in [0.2, 0.25) is 0 Å². The molecule has 0 fully saturated rings. The summed E-state index contributed by atoms with van der Waals surface area (Å²) < 4.78 is 0. The summed E-state index contributed by atoms with van der Waals surface area (Å²) in [6.07, 6.45) is 1.06. The van der Waals surface area contributed by atoms with E-state index in [9.17, 15) is 0 Å². The molecule has 0 radical (unpaired) electrons. The lowest BCUT2D eigenvalue weighted by Crippen LogP contribution is -2.40. The number of hydrogen-bond acceptors (Lipinski definition) is 4. The number of aliphatic imine (C=N–C) groups is 1. The van der Waals surface area contributed by atoms with E-state index in [2.05, 4.69) is 78.2 Å². The van der Waals surface area contributed by atoms with Gasteiger partial charge < -0.3 is 15.1 Å². The predicted molar refractivity (Wildman–Crippen MR) is 107 cm³/mol. The summed E-state index contributed by atoms with van der Waals surface area (Å²) in [7, 11) is 6.35. The normalized spacial score (nSPS) is 13.3. The van der Waals surface area contributed by atoms with Crippen LogP contribution in [0.4, 0.5) is 0 Å². The monoisotopic (exact) mass is 364 g/mol. The van der Waals surface area contributed by atoms with Gasteiger partial charge in [-0.1, -0.05) is 12.1 Å². The van der Waals surface area contributed by atoms with Crippen molar-refractivity contribution in [2.24, 2.45) is 4.99 Å². The van der Waals surface area contributed by atoms with E-state index in [1.807, 2.05) is 11.3 Å². The van der Waals surface area contributed by atoms with Gasteiger partial charge in [-0.3, -0.25) is 4.99 Å². The zero-order valence-electron chi connectivity index (χ0n) is 15.0. The zero-order chi connectivity index (χ0) is 17.4. The Bertz CT molecular complexity index is 591. The second-order valence-electron chi connectivity index (χ2n) is 5.94. The van der Waals surface area contributed by atoms with Crippen LogP contribution in [0.5, 0.6) is 0 Å². The molecule has 0 aliphatic heterocycles. The van der Waals surface area contributed by atoms with E-state index < -0.39 is 0 Å². The fourth-order valence-electron chi connectivity index (χ4n) is 2.47. The van der Waals surface area contributed by atoms with Crippen LogP contribution in [0.1, 0.15) is 22.7 Å². The van der Waals surface area contributed by atoms with Crippen molar-refractivity contribution in [1.82, 2.24) is 15.1 Å². The molecule has 0 saturated carbocycles. The summed E-state index contributed by atoms with van der Waals surface area (Å²) in [5.41, 5.74) is 0. The summed E-state index contributed by atoms with van der Waals surface area (Å²) in [6.45, 7) is 4.73. The first kappa shape index (κ1) is 19.0. The number of hydrogen-bond donors (Lipinski definition) is 1. The van der Waals surface area contributed by atoms with Crippen LogP contribution in [-0.4, -0.2) is 56.5 Å². The van der Waals surface area contributed by atoms with E-state index in [-0.39, 0.29) is 0 Å². The molecular weight excluding hydrogens is 336 g/mol. The quantitative estimate of drug-likeness (QED) is 0.574. The molecule has 0 aromatic carbocycles. The van der Waals surface area contributed by atoms with Crippen LogP contribution < -0.4 is 5.32 Å². The van der Waals surface area contributed by atoms with E-state index in [1.165, 1.54) is 9.75 Å². The number of nitrogens with one attached hydrogen (secondary N) is 1. The predicted octanol–water partition coefficient (Wildman–Crippen LogP) is 3.55. The molecule has 0 spiro atoms. The third kappa shape index (κ3) is 5.61. The van der Waals surface area contributed by atoms with Gasteiger partial charge in [-0.25, -0.2) is 0 Å². The van der Waals surface area contributed by atoms with Crippen LogP contribution in [0.3, 0.4) is 0 Å². The summed E-state index contributed by atoms with van der Waals surface area (Å²) in [5, 5.41) is 7.69. The molecule has 0 amide bonds. The Morgan fingerprint density at radius 2 is 1.92 bits per heavy atom. The van der Waals surface area contributed by atoms with E-state index >= 15 is 0 Å². The van der Waals surface area contributed by atoms with Crippen molar-refractivity contribution in [3.8, 4) is 0 Å². The van der Waals surface area contributed by atoms with Crippen molar-refractivity contribution in [2.45, 2.75) is 19.4 Å². The molecule has 6 heteroatoms. The number of thiophene rings is 2. The molecule has 2 aromatic rings. The van der Waals surface area contributed by atoms with E-state index in [0.717, 1.165) is 32.0 Å². The minimum Gasteiger partial charge on any atom is -0.357 e. The van der Waals surface area contributed by atoms with Gasteiger partial charge in [-0.2, -0.15) is 0 Å². The number of rotatable bonds is 8. The lowest BCUT2D eigenvalue weighted by molar-refractivity contribution is 0.309. The molecule has 0 aliphatic carbocycles. The molecule has 2 aromatic heterocycles. The summed E-state index contributed by atoms with van der Waals surface area (Å²) >= 11 is 3.62. The fraction of sp³-hybridized carbons (Fsp3) is 0.500. The smallest absolute Gasteiger partial charge is 0.193 e.